The fourth-order valence-corrected chi connectivity index (χ4v) is 1.75. The summed E-state index contributed by atoms with van der Waals surface area (Å²) in [5.74, 6) is 0. The van der Waals surface area contributed by atoms with E-state index in [2.05, 4.69) is 0 Å². The van der Waals surface area contributed by atoms with Crippen LogP contribution in [0.4, 0.5) is 5.69 Å². The second-order valence-corrected chi connectivity index (χ2v) is 3.85. The summed E-state index contributed by atoms with van der Waals surface area (Å²) < 4.78 is 19.6. The Morgan fingerprint density at radius 1 is 1.36 bits per heavy atom. The molecule has 0 bridgehead atoms. The maximum absolute atomic E-state index is 10.8. The molecule has 0 aromatic heterocycles. The van der Waals surface area contributed by atoms with Crippen LogP contribution in [-0.2, 0) is 11.1 Å². The van der Waals surface area contributed by atoms with Crippen LogP contribution in [0.1, 0.15) is 11.1 Å². The Bertz CT molecular complexity index is 381. The van der Waals surface area contributed by atoms with E-state index in [0.717, 1.165) is 6.07 Å². The maximum atomic E-state index is 10.8. The van der Waals surface area contributed by atoms with E-state index in [0.29, 0.717) is 11.1 Å². The molecule has 1 atom stereocenters. The van der Waals surface area contributed by atoms with Crippen molar-refractivity contribution < 1.29 is 13.7 Å². The first kappa shape index (κ1) is 10.8. The normalized spacial score (nSPS) is 12.5. The summed E-state index contributed by atoms with van der Waals surface area (Å²) in [7, 11) is 0. The summed E-state index contributed by atoms with van der Waals surface area (Å²) in [4.78, 5) is 10.1. The van der Waals surface area contributed by atoms with E-state index in [1.165, 1.54) is 6.07 Å². The molecule has 76 valence electrons. The third kappa shape index (κ3) is 1.97. The van der Waals surface area contributed by atoms with Gasteiger partial charge in [-0.1, -0.05) is 0 Å². The molecule has 0 spiro atoms. The lowest BCUT2D eigenvalue weighted by atomic mass is 10.1. The highest BCUT2D eigenvalue weighted by Crippen LogP contribution is 2.24. The van der Waals surface area contributed by atoms with Gasteiger partial charge in [-0.2, -0.15) is 0 Å². The zero-order valence-electron chi connectivity index (χ0n) is 7.68. The molecule has 1 aromatic rings. The number of benzene rings is 1. The zero-order valence-corrected chi connectivity index (χ0v) is 8.50. The molecule has 0 saturated carbocycles. The molecule has 1 rings (SSSR count). The molecular formula is C8H9NO4S. The molecule has 1 aromatic carbocycles. The SMILES string of the molecule is Cc1cc(C)c(S(=O)O)cc1[N+](=O)[O-]. The molecule has 0 radical (unpaired) electrons. The lowest BCUT2D eigenvalue weighted by molar-refractivity contribution is -0.385. The van der Waals surface area contributed by atoms with E-state index in [9.17, 15) is 14.3 Å². The topological polar surface area (TPSA) is 80.4 Å². The minimum absolute atomic E-state index is 0.0855. The van der Waals surface area contributed by atoms with Crippen LogP contribution in [0.25, 0.3) is 0 Å². The van der Waals surface area contributed by atoms with Crippen molar-refractivity contribution in [1.82, 2.24) is 0 Å². The van der Waals surface area contributed by atoms with Crippen LogP contribution in [0.5, 0.6) is 0 Å². The summed E-state index contributed by atoms with van der Waals surface area (Å²) >= 11 is -2.18. The van der Waals surface area contributed by atoms with Gasteiger partial charge in [0.15, 0.2) is 11.1 Å². The van der Waals surface area contributed by atoms with E-state index in [1.807, 2.05) is 0 Å². The van der Waals surface area contributed by atoms with Crippen LogP contribution in [-0.4, -0.2) is 13.7 Å². The highest BCUT2D eigenvalue weighted by atomic mass is 32.2. The predicted octanol–water partition coefficient (Wildman–Crippen LogP) is 1.79. The Morgan fingerprint density at radius 3 is 2.36 bits per heavy atom. The van der Waals surface area contributed by atoms with Gasteiger partial charge in [0.25, 0.3) is 5.69 Å². The standard InChI is InChI=1S/C8H9NO4S/c1-5-3-6(2)8(14(12)13)4-7(5)9(10)11/h3-4H,1-2H3,(H,12,13). The quantitative estimate of drug-likeness (QED) is 0.463. The smallest absolute Gasteiger partial charge is 0.273 e. The minimum Gasteiger partial charge on any atom is -0.302 e. The van der Waals surface area contributed by atoms with Gasteiger partial charge in [0.2, 0.25) is 0 Å². The van der Waals surface area contributed by atoms with Crippen molar-refractivity contribution in [2.45, 2.75) is 18.7 Å². The number of nitro groups is 1. The number of hydrogen-bond acceptors (Lipinski definition) is 3. The average molecular weight is 215 g/mol. The van der Waals surface area contributed by atoms with Crippen molar-refractivity contribution in [2.24, 2.45) is 0 Å². The number of aryl methyl sites for hydroxylation is 2. The molecule has 0 heterocycles. The molecule has 0 fully saturated rings. The van der Waals surface area contributed by atoms with Crippen LogP contribution in [0.3, 0.4) is 0 Å². The van der Waals surface area contributed by atoms with E-state index in [4.69, 9.17) is 4.55 Å². The Morgan fingerprint density at radius 2 is 1.93 bits per heavy atom. The lowest BCUT2D eigenvalue weighted by Crippen LogP contribution is -1.98. The van der Waals surface area contributed by atoms with Gasteiger partial charge in [-0.3, -0.25) is 10.1 Å². The van der Waals surface area contributed by atoms with Crippen molar-refractivity contribution in [3.63, 3.8) is 0 Å². The van der Waals surface area contributed by atoms with Gasteiger partial charge in [0.05, 0.1) is 9.82 Å². The first-order valence-electron chi connectivity index (χ1n) is 3.80. The molecule has 1 N–H and O–H groups in total. The number of rotatable bonds is 2. The molecule has 0 saturated heterocycles. The van der Waals surface area contributed by atoms with Crippen molar-refractivity contribution in [3.05, 3.63) is 33.4 Å². The molecule has 0 aliphatic rings. The van der Waals surface area contributed by atoms with Crippen LogP contribution in [0.2, 0.25) is 0 Å². The Kier molecular flexibility index (Phi) is 2.97. The van der Waals surface area contributed by atoms with Crippen LogP contribution in [0.15, 0.2) is 17.0 Å². The van der Waals surface area contributed by atoms with Crippen molar-refractivity contribution in [3.8, 4) is 0 Å². The molecule has 0 amide bonds. The predicted molar refractivity (Wildman–Crippen MR) is 51.6 cm³/mol. The van der Waals surface area contributed by atoms with Crippen LogP contribution >= 0.6 is 0 Å². The molecule has 0 aliphatic heterocycles. The van der Waals surface area contributed by atoms with Gasteiger partial charge in [0.1, 0.15) is 0 Å². The van der Waals surface area contributed by atoms with Crippen molar-refractivity contribution in [1.29, 1.82) is 0 Å². The number of nitrogens with zero attached hydrogens (tertiary/aromatic N) is 1. The zero-order chi connectivity index (χ0) is 10.9. The van der Waals surface area contributed by atoms with Gasteiger partial charge in [-0.15, -0.1) is 0 Å². The summed E-state index contributed by atoms with van der Waals surface area (Å²) in [6.45, 7) is 3.23. The highest BCUT2D eigenvalue weighted by molar-refractivity contribution is 7.79. The minimum atomic E-state index is -2.18. The monoisotopic (exact) mass is 215 g/mol. The first-order valence-corrected chi connectivity index (χ1v) is 4.90. The summed E-state index contributed by atoms with van der Waals surface area (Å²) in [5.41, 5.74) is 0.934. The summed E-state index contributed by atoms with van der Waals surface area (Å²) in [5, 5.41) is 10.5. The van der Waals surface area contributed by atoms with Gasteiger partial charge in [-0.25, -0.2) is 4.21 Å². The fraction of sp³-hybridized carbons (Fsp3) is 0.250. The fourth-order valence-electron chi connectivity index (χ4n) is 1.21. The van der Waals surface area contributed by atoms with Crippen molar-refractivity contribution >= 4 is 16.8 Å². The molecular weight excluding hydrogens is 206 g/mol. The van der Waals surface area contributed by atoms with E-state index < -0.39 is 16.0 Å². The Hall–Kier alpha value is -1.27. The average Bonchev–Trinajstić information content (AvgIpc) is 2.02. The molecule has 14 heavy (non-hydrogen) atoms. The molecule has 0 aliphatic carbocycles. The highest BCUT2D eigenvalue weighted by Gasteiger charge is 2.15. The van der Waals surface area contributed by atoms with Crippen LogP contribution in [0, 0.1) is 24.0 Å². The second kappa shape index (κ2) is 3.85. The largest absolute Gasteiger partial charge is 0.302 e. The van der Waals surface area contributed by atoms with Gasteiger partial charge in [0, 0.05) is 11.6 Å². The van der Waals surface area contributed by atoms with Gasteiger partial charge < -0.3 is 4.55 Å². The number of nitro benzene ring substituents is 1. The lowest BCUT2D eigenvalue weighted by Gasteiger charge is -2.03. The molecule has 5 nitrogen and oxygen atoms in total. The summed E-state index contributed by atoms with van der Waals surface area (Å²) in [6.07, 6.45) is 0. The Balaban J connectivity index is 3.42. The van der Waals surface area contributed by atoms with E-state index in [1.54, 1.807) is 13.8 Å². The van der Waals surface area contributed by atoms with Gasteiger partial charge >= 0.3 is 0 Å². The van der Waals surface area contributed by atoms with Crippen LogP contribution < -0.4 is 0 Å². The first-order chi connectivity index (χ1) is 6.43. The van der Waals surface area contributed by atoms with E-state index in [-0.39, 0.29) is 10.6 Å². The second-order valence-electron chi connectivity index (χ2n) is 2.91. The third-order valence-electron chi connectivity index (χ3n) is 1.88. The number of hydrogen-bond donors (Lipinski definition) is 1. The molecule has 1 unspecified atom stereocenters. The van der Waals surface area contributed by atoms with Gasteiger partial charge in [-0.05, 0) is 25.5 Å². The molecule has 6 heteroatoms. The maximum Gasteiger partial charge on any atom is 0.273 e. The van der Waals surface area contributed by atoms with Crippen molar-refractivity contribution in [2.75, 3.05) is 0 Å². The third-order valence-corrected chi connectivity index (χ3v) is 2.69. The summed E-state index contributed by atoms with van der Waals surface area (Å²) in [6, 6.07) is 2.67. The van der Waals surface area contributed by atoms with E-state index >= 15 is 0 Å². The Labute approximate surface area is 83.2 Å².